The fourth-order valence-electron chi connectivity index (χ4n) is 9.86. The van der Waals surface area contributed by atoms with Gasteiger partial charge in [0.15, 0.2) is 5.82 Å². The van der Waals surface area contributed by atoms with Crippen molar-refractivity contribution in [2.45, 2.75) is 0 Å². The van der Waals surface area contributed by atoms with Gasteiger partial charge in [0.05, 0.1) is 44.4 Å². The average Bonchev–Trinajstić information content (AvgIpc) is 4.00. The highest BCUT2D eigenvalue weighted by atomic mass is 15.3. The van der Waals surface area contributed by atoms with Crippen molar-refractivity contribution < 1.29 is 0 Å². The number of fused-ring (bicyclic) bond motifs is 9. The zero-order valence-electron chi connectivity index (χ0n) is 34.0. The Labute approximate surface area is 362 Å². The van der Waals surface area contributed by atoms with Crippen LogP contribution in [0.25, 0.3) is 117 Å². The fourth-order valence-corrected chi connectivity index (χ4v) is 9.86. The number of rotatable bonds is 6. The molecule has 0 amide bonds. The third-order valence-corrected chi connectivity index (χ3v) is 12.5. The van der Waals surface area contributed by atoms with Crippen molar-refractivity contribution in [3.05, 3.63) is 218 Å². The smallest absolute Gasteiger partial charge is 0.240 e. The summed E-state index contributed by atoms with van der Waals surface area (Å²) in [5.41, 5.74) is 12.4. The summed E-state index contributed by atoms with van der Waals surface area (Å²) in [6.45, 7) is 0. The van der Waals surface area contributed by atoms with Crippen LogP contribution in [0.15, 0.2) is 218 Å². The summed E-state index contributed by atoms with van der Waals surface area (Å²) in [6.07, 6.45) is 0. The average molecular weight is 805 g/mol. The number of para-hydroxylation sites is 6. The third kappa shape index (κ3) is 5.35. The lowest BCUT2D eigenvalue weighted by Gasteiger charge is -2.22. The predicted octanol–water partition coefficient (Wildman–Crippen LogP) is 14.2. The Morgan fingerprint density at radius 3 is 0.937 bits per heavy atom. The van der Waals surface area contributed by atoms with Gasteiger partial charge in [0.1, 0.15) is 0 Å². The number of benzene rings is 9. The summed E-state index contributed by atoms with van der Waals surface area (Å²) in [5, 5.41) is 6.89. The van der Waals surface area contributed by atoms with Gasteiger partial charge in [-0.2, -0.15) is 15.0 Å². The molecule has 0 spiro atoms. The van der Waals surface area contributed by atoms with E-state index in [0.29, 0.717) is 17.7 Å². The minimum atomic E-state index is 0.534. The molecule has 0 atom stereocenters. The molecule has 0 aliphatic carbocycles. The molecule has 4 heterocycles. The summed E-state index contributed by atoms with van der Waals surface area (Å²) in [4.78, 5) is 16.9. The van der Waals surface area contributed by atoms with Crippen LogP contribution in [-0.4, -0.2) is 28.7 Å². The molecule has 0 aliphatic rings. The van der Waals surface area contributed by atoms with E-state index in [1.54, 1.807) is 0 Å². The number of aromatic nitrogens is 6. The largest absolute Gasteiger partial charge is 0.308 e. The van der Waals surface area contributed by atoms with Crippen LogP contribution in [0.4, 0.5) is 0 Å². The van der Waals surface area contributed by atoms with E-state index in [4.69, 9.17) is 15.0 Å². The Morgan fingerprint density at radius 1 is 0.254 bits per heavy atom. The van der Waals surface area contributed by atoms with Gasteiger partial charge >= 0.3 is 0 Å². The van der Waals surface area contributed by atoms with E-state index in [1.165, 1.54) is 10.8 Å². The van der Waals surface area contributed by atoms with Crippen molar-refractivity contribution in [3.63, 3.8) is 0 Å². The van der Waals surface area contributed by atoms with Crippen molar-refractivity contribution in [1.82, 2.24) is 28.7 Å². The van der Waals surface area contributed by atoms with Crippen LogP contribution in [0.2, 0.25) is 0 Å². The Kier molecular flexibility index (Phi) is 7.80. The Bertz CT molecular complexity index is 3620. The van der Waals surface area contributed by atoms with Crippen LogP contribution in [0, 0.1) is 0 Å². The maximum Gasteiger partial charge on any atom is 0.240 e. The van der Waals surface area contributed by atoms with Crippen molar-refractivity contribution in [1.29, 1.82) is 0 Å². The second-order valence-corrected chi connectivity index (χ2v) is 16.0. The minimum Gasteiger partial charge on any atom is -0.308 e. The standard InChI is InChI=1S/C57H36N6/c1-3-19-37(20-4-1)39-35-36-40(38-21-5-2-6-22-38)54(61-47-29-13-7-23-41(47)42-24-8-14-30-48(42)61)53(39)55-58-56(62-49-31-15-9-25-43(49)44-26-10-16-32-50(44)62)60-57(59-55)63-51-33-17-11-27-45(51)46-28-12-18-34-52(46)63/h1-36H. The molecule has 0 fully saturated rings. The highest BCUT2D eigenvalue weighted by Crippen LogP contribution is 2.45. The molecular formula is C57H36N6. The van der Waals surface area contributed by atoms with Crippen LogP contribution < -0.4 is 0 Å². The summed E-state index contributed by atoms with van der Waals surface area (Å²) in [7, 11) is 0. The normalized spacial score (nSPS) is 11.8. The molecule has 0 aliphatic heterocycles. The first-order valence-corrected chi connectivity index (χ1v) is 21.3. The molecule has 4 aromatic heterocycles. The van der Waals surface area contributed by atoms with Crippen molar-refractivity contribution >= 4 is 65.4 Å². The monoisotopic (exact) mass is 804 g/mol. The molecule has 13 rings (SSSR count). The number of hydrogen-bond acceptors (Lipinski definition) is 3. The second kappa shape index (κ2) is 14.0. The highest BCUT2D eigenvalue weighted by Gasteiger charge is 2.27. The molecule has 13 aromatic rings. The zero-order valence-corrected chi connectivity index (χ0v) is 34.0. The molecule has 0 bridgehead atoms. The van der Waals surface area contributed by atoms with E-state index in [-0.39, 0.29) is 0 Å². The van der Waals surface area contributed by atoms with Gasteiger partial charge < -0.3 is 4.57 Å². The van der Waals surface area contributed by atoms with E-state index in [1.807, 2.05) is 0 Å². The van der Waals surface area contributed by atoms with Crippen molar-refractivity contribution in [2.75, 3.05) is 0 Å². The summed E-state index contributed by atoms with van der Waals surface area (Å²) in [5.74, 6) is 1.63. The number of nitrogens with zero attached hydrogens (tertiary/aromatic N) is 6. The van der Waals surface area contributed by atoms with Gasteiger partial charge in [-0.3, -0.25) is 9.13 Å². The van der Waals surface area contributed by atoms with Crippen molar-refractivity contribution in [2.24, 2.45) is 0 Å². The molecule has 0 unspecified atom stereocenters. The Hall–Kier alpha value is -8.61. The fraction of sp³-hybridized carbons (Fsp3) is 0. The molecule has 0 saturated heterocycles. The third-order valence-electron chi connectivity index (χ3n) is 12.5. The van der Waals surface area contributed by atoms with Crippen LogP contribution in [0.1, 0.15) is 0 Å². The van der Waals surface area contributed by atoms with Gasteiger partial charge in [-0.05, 0) is 53.1 Å². The maximum atomic E-state index is 5.68. The first-order chi connectivity index (χ1) is 31.3. The topological polar surface area (TPSA) is 53.5 Å². The molecule has 6 nitrogen and oxygen atoms in total. The van der Waals surface area contributed by atoms with E-state index in [2.05, 4.69) is 232 Å². The van der Waals surface area contributed by atoms with Crippen molar-refractivity contribution in [3.8, 4) is 51.2 Å². The second-order valence-electron chi connectivity index (χ2n) is 16.0. The predicted molar refractivity (Wildman–Crippen MR) is 259 cm³/mol. The summed E-state index contributed by atoms with van der Waals surface area (Å²) < 4.78 is 6.84. The first kappa shape index (κ1) is 35.2. The lowest BCUT2D eigenvalue weighted by atomic mass is 9.91. The molecular weight excluding hydrogens is 769 g/mol. The Morgan fingerprint density at radius 2 is 0.556 bits per heavy atom. The molecule has 294 valence electrons. The molecule has 6 heteroatoms. The first-order valence-electron chi connectivity index (χ1n) is 21.3. The van der Waals surface area contributed by atoms with Gasteiger partial charge in [0.25, 0.3) is 0 Å². The molecule has 0 saturated carbocycles. The summed E-state index contributed by atoms with van der Waals surface area (Å²) in [6, 6.07) is 77.3. The molecule has 0 radical (unpaired) electrons. The van der Waals surface area contributed by atoms with Gasteiger partial charge in [0, 0.05) is 37.9 Å². The zero-order chi connectivity index (χ0) is 41.4. The van der Waals surface area contributed by atoms with E-state index in [0.717, 1.165) is 88.1 Å². The van der Waals surface area contributed by atoms with Gasteiger partial charge in [-0.1, -0.05) is 182 Å². The summed E-state index contributed by atoms with van der Waals surface area (Å²) >= 11 is 0. The van der Waals surface area contributed by atoms with Crippen LogP contribution in [0.3, 0.4) is 0 Å². The van der Waals surface area contributed by atoms with Crippen LogP contribution >= 0.6 is 0 Å². The molecule has 9 aromatic carbocycles. The lowest BCUT2D eigenvalue weighted by Crippen LogP contribution is -2.12. The van der Waals surface area contributed by atoms with Gasteiger partial charge in [0.2, 0.25) is 11.9 Å². The van der Waals surface area contributed by atoms with E-state index in [9.17, 15) is 0 Å². The van der Waals surface area contributed by atoms with Gasteiger partial charge in [-0.25, -0.2) is 0 Å². The van der Waals surface area contributed by atoms with E-state index >= 15 is 0 Å². The quantitative estimate of drug-likeness (QED) is 0.168. The lowest BCUT2D eigenvalue weighted by molar-refractivity contribution is 0.892. The number of hydrogen-bond donors (Lipinski definition) is 0. The highest BCUT2D eigenvalue weighted by molar-refractivity contribution is 6.12. The minimum absolute atomic E-state index is 0.534. The van der Waals surface area contributed by atoms with Crippen LogP contribution in [-0.2, 0) is 0 Å². The van der Waals surface area contributed by atoms with Gasteiger partial charge in [-0.15, -0.1) is 0 Å². The Balaban J connectivity index is 1.25. The molecule has 0 N–H and O–H groups in total. The van der Waals surface area contributed by atoms with Crippen LogP contribution in [0.5, 0.6) is 0 Å². The SMILES string of the molecule is c1ccc(-c2ccc(-c3ccccc3)c(-n3c4ccccc4c4ccccc43)c2-c2nc(-n3c4ccccc4c4ccccc43)nc(-n3c4ccccc4c4ccccc43)n2)cc1. The van der Waals surface area contributed by atoms with E-state index < -0.39 is 0 Å². The molecule has 63 heavy (non-hydrogen) atoms. The maximum absolute atomic E-state index is 5.68.